The Balaban J connectivity index is 3.49. The Kier molecular flexibility index (Phi) is 2.27. The van der Waals surface area contributed by atoms with Crippen molar-refractivity contribution in [3.8, 4) is 0 Å². The SMILES string of the molecule is O=c1[nH]c(C(F)F)c(Cl)c(=O)[nH]1. The Bertz CT molecular complexity index is 397. The second kappa shape index (κ2) is 3.06. The lowest BCUT2D eigenvalue weighted by Crippen LogP contribution is -2.24. The van der Waals surface area contributed by atoms with Gasteiger partial charge in [-0.05, 0) is 0 Å². The van der Waals surface area contributed by atoms with Crippen LogP contribution in [0.15, 0.2) is 9.59 Å². The monoisotopic (exact) mass is 196 g/mol. The van der Waals surface area contributed by atoms with E-state index in [0.29, 0.717) is 0 Å². The third kappa shape index (κ3) is 1.53. The van der Waals surface area contributed by atoms with E-state index in [-0.39, 0.29) is 0 Å². The first-order valence-corrected chi connectivity index (χ1v) is 3.20. The summed E-state index contributed by atoms with van der Waals surface area (Å²) in [5.41, 5.74) is -2.87. The second-order valence-electron chi connectivity index (χ2n) is 1.94. The molecule has 1 rings (SSSR count). The zero-order valence-corrected chi connectivity index (χ0v) is 6.28. The molecule has 1 aromatic heterocycles. The molecule has 0 aliphatic carbocycles. The zero-order chi connectivity index (χ0) is 9.30. The standard InChI is InChI=1S/C5H3ClF2N2O2/c6-1-2(3(7)8)9-5(12)10-4(1)11/h3H,(H2,9,10,11,12). The molecule has 0 bridgehead atoms. The molecule has 0 saturated carbocycles. The molecule has 2 N–H and O–H groups in total. The highest BCUT2D eigenvalue weighted by molar-refractivity contribution is 6.31. The summed E-state index contributed by atoms with van der Waals surface area (Å²) >= 11 is 5.17. The maximum absolute atomic E-state index is 12.0. The van der Waals surface area contributed by atoms with Crippen LogP contribution in [-0.4, -0.2) is 9.97 Å². The molecule has 0 aliphatic heterocycles. The van der Waals surface area contributed by atoms with Crippen LogP contribution in [0.3, 0.4) is 0 Å². The normalized spacial score (nSPS) is 10.7. The van der Waals surface area contributed by atoms with Crippen molar-refractivity contribution in [3.05, 3.63) is 31.6 Å². The Morgan fingerprint density at radius 3 is 2.33 bits per heavy atom. The maximum atomic E-state index is 12.0. The summed E-state index contributed by atoms with van der Waals surface area (Å²) in [7, 11) is 0. The van der Waals surface area contributed by atoms with E-state index in [1.54, 1.807) is 9.97 Å². The molecule has 4 nitrogen and oxygen atoms in total. The topological polar surface area (TPSA) is 65.7 Å². The molecule has 12 heavy (non-hydrogen) atoms. The predicted molar refractivity (Wildman–Crippen MR) is 37.7 cm³/mol. The second-order valence-corrected chi connectivity index (χ2v) is 2.31. The summed E-state index contributed by atoms with van der Waals surface area (Å²) < 4.78 is 24.0. The third-order valence-electron chi connectivity index (χ3n) is 1.13. The van der Waals surface area contributed by atoms with E-state index in [1.807, 2.05) is 0 Å². The van der Waals surface area contributed by atoms with Crippen LogP contribution in [0.5, 0.6) is 0 Å². The number of aromatic amines is 2. The van der Waals surface area contributed by atoms with Crippen LogP contribution < -0.4 is 11.2 Å². The molecule has 0 spiro atoms. The Labute approximate surface area is 69.2 Å². The van der Waals surface area contributed by atoms with Gasteiger partial charge in [-0.25, -0.2) is 13.6 Å². The van der Waals surface area contributed by atoms with Gasteiger partial charge in [-0.3, -0.25) is 9.78 Å². The van der Waals surface area contributed by atoms with Crippen LogP contribution in [0.4, 0.5) is 8.78 Å². The van der Waals surface area contributed by atoms with Crippen LogP contribution in [0.25, 0.3) is 0 Å². The van der Waals surface area contributed by atoms with E-state index >= 15 is 0 Å². The quantitative estimate of drug-likeness (QED) is 0.693. The van der Waals surface area contributed by atoms with E-state index in [0.717, 1.165) is 0 Å². The van der Waals surface area contributed by atoms with E-state index in [2.05, 4.69) is 0 Å². The van der Waals surface area contributed by atoms with E-state index in [9.17, 15) is 18.4 Å². The first-order chi connectivity index (χ1) is 5.52. The molecule has 0 unspecified atom stereocenters. The van der Waals surface area contributed by atoms with Crippen molar-refractivity contribution in [2.45, 2.75) is 6.43 Å². The average molecular weight is 197 g/mol. The Morgan fingerprint density at radius 1 is 1.25 bits per heavy atom. The summed E-state index contributed by atoms with van der Waals surface area (Å²) in [6.45, 7) is 0. The van der Waals surface area contributed by atoms with Crippen molar-refractivity contribution in [1.82, 2.24) is 9.97 Å². The lowest BCUT2D eigenvalue weighted by atomic mass is 10.4. The molecule has 0 fully saturated rings. The smallest absolute Gasteiger partial charge is 0.305 e. The first-order valence-electron chi connectivity index (χ1n) is 2.82. The van der Waals surface area contributed by atoms with Gasteiger partial charge < -0.3 is 4.98 Å². The van der Waals surface area contributed by atoms with Crippen LogP contribution in [0.2, 0.25) is 5.02 Å². The lowest BCUT2D eigenvalue weighted by molar-refractivity contribution is 0.145. The number of hydrogen-bond donors (Lipinski definition) is 2. The fraction of sp³-hybridized carbons (Fsp3) is 0.200. The molecular formula is C5H3ClF2N2O2. The van der Waals surface area contributed by atoms with Crippen molar-refractivity contribution in [1.29, 1.82) is 0 Å². The van der Waals surface area contributed by atoms with Gasteiger partial charge in [-0.1, -0.05) is 11.6 Å². The van der Waals surface area contributed by atoms with Gasteiger partial charge in [0.15, 0.2) is 0 Å². The van der Waals surface area contributed by atoms with E-state index < -0.39 is 28.4 Å². The molecule has 0 aliphatic rings. The molecule has 0 amide bonds. The minimum atomic E-state index is -2.97. The van der Waals surface area contributed by atoms with Gasteiger partial charge >= 0.3 is 5.69 Å². The van der Waals surface area contributed by atoms with Gasteiger partial charge in [-0.2, -0.15) is 0 Å². The number of rotatable bonds is 1. The van der Waals surface area contributed by atoms with Gasteiger partial charge in [-0.15, -0.1) is 0 Å². The van der Waals surface area contributed by atoms with E-state index in [1.165, 1.54) is 0 Å². The first kappa shape index (κ1) is 8.92. The molecule has 0 radical (unpaired) electrons. The van der Waals surface area contributed by atoms with Crippen molar-refractivity contribution < 1.29 is 8.78 Å². The fourth-order valence-electron chi connectivity index (χ4n) is 0.639. The summed E-state index contributed by atoms with van der Waals surface area (Å²) in [5, 5.41) is -0.690. The zero-order valence-electron chi connectivity index (χ0n) is 5.53. The number of halogens is 3. The summed E-state index contributed by atoms with van der Waals surface area (Å²) in [5.74, 6) is 0. The van der Waals surface area contributed by atoms with Gasteiger partial charge in [0.25, 0.3) is 12.0 Å². The van der Waals surface area contributed by atoms with Crippen LogP contribution in [-0.2, 0) is 0 Å². The Hall–Kier alpha value is -1.17. The van der Waals surface area contributed by atoms with Gasteiger partial charge in [0.1, 0.15) is 10.7 Å². The lowest BCUT2D eigenvalue weighted by Gasteiger charge is -1.99. The number of hydrogen-bond acceptors (Lipinski definition) is 2. The van der Waals surface area contributed by atoms with E-state index in [4.69, 9.17) is 11.6 Å². The minimum absolute atomic E-state index is 0.690. The molecule has 0 saturated heterocycles. The third-order valence-corrected chi connectivity index (χ3v) is 1.50. The summed E-state index contributed by atoms with van der Waals surface area (Å²) in [6, 6.07) is 0. The van der Waals surface area contributed by atoms with Crippen LogP contribution >= 0.6 is 11.6 Å². The highest BCUT2D eigenvalue weighted by Crippen LogP contribution is 2.19. The molecule has 0 aromatic carbocycles. The minimum Gasteiger partial charge on any atom is -0.305 e. The van der Waals surface area contributed by atoms with Gasteiger partial charge in [0.05, 0.1) is 0 Å². The number of alkyl halides is 2. The predicted octanol–water partition coefficient (Wildman–Crippen LogP) is 0.654. The van der Waals surface area contributed by atoms with Crippen molar-refractivity contribution >= 4 is 11.6 Å². The summed E-state index contributed by atoms with van der Waals surface area (Å²) in [4.78, 5) is 24.5. The highest BCUT2D eigenvalue weighted by atomic mass is 35.5. The fourth-order valence-corrected chi connectivity index (χ4v) is 0.816. The largest absolute Gasteiger partial charge is 0.326 e. The van der Waals surface area contributed by atoms with Crippen LogP contribution in [0.1, 0.15) is 12.1 Å². The summed E-state index contributed by atoms with van der Waals surface area (Å²) in [6.07, 6.45) is -2.97. The Morgan fingerprint density at radius 2 is 1.83 bits per heavy atom. The number of H-pyrrole nitrogens is 2. The molecule has 1 aromatic rings. The molecular weight excluding hydrogens is 194 g/mol. The number of nitrogens with one attached hydrogen (secondary N) is 2. The van der Waals surface area contributed by atoms with Crippen molar-refractivity contribution in [2.75, 3.05) is 0 Å². The van der Waals surface area contributed by atoms with Crippen molar-refractivity contribution in [3.63, 3.8) is 0 Å². The molecule has 66 valence electrons. The molecule has 0 atom stereocenters. The molecule has 1 heterocycles. The highest BCUT2D eigenvalue weighted by Gasteiger charge is 2.15. The van der Waals surface area contributed by atoms with Gasteiger partial charge in [0.2, 0.25) is 0 Å². The molecule has 7 heteroatoms. The van der Waals surface area contributed by atoms with Crippen LogP contribution in [0, 0.1) is 0 Å². The van der Waals surface area contributed by atoms with Crippen molar-refractivity contribution in [2.24, 2.45) is 0 Å². The average Bonchev–Trinajstić information content (AvgIpc) is 1.96. The van der Waals surface area contributed by atoms with Gasteiger partial charge in [0, 0.05) is 0 Å². The number of aromatic nitrogens is 2. The maximum Gasteiger partial charge on any atom is 0.326 e.